The summed E-state index contributed by atoms with van der Waals surface area (Å²) in [6.07, 6.45) is 1.42. The first-order valence-corrected chi connectivity index (χ1v) is 6.62. The molecule has 4 heteroatoms. The number of aliphatic hydroxyl groups excluding tert-OH is 1. The Balaban J connectivity index is 2.08. The molecule has 1 fully saturated rings. The normalized spacial score (nSPS) is 26.1. The Morgan fingerprint density at radius 1 is 1.41 bits per heavy atom. The number of halogens is 2. The summed E-state index contributed by atoms with van der Waals surface area (Å²) >= 11 is 12.0. The monoisotopic (exact) mass is 273 g/mol. The fourth-order valence-corrected chi connectivity index (χ4v) is 2.86. The summed E-state index contributed by atoms with van der Waals surface area (Å²) in [5, 5.41) is 11.3. The smallest absolute Gasteiger partial charge is 0.0596 e. The third kappa shape index (κ3) is 3.35. The molecule has 2 rings (SSSR count). The average Bonchev–Trinajstić information content (AvgIpc) is 2.27. The van der Waals surface area contributed by atoms with Crippen LogP contribution in [0.1, 0.15) is 12.0 Å². The maximum Gasteiger partial charge on any atom is 0.0596 e. The molecule has 1 aromatic carbocycles. The van der Waals surface area contributed by atoms with Crippen LogP contribution in [0, 0.1) is 5.92 Å². The van der Waals surface area contributed by atoms with E-state index in [1.807, 2.05) is 12.1 Å². The van der Waals surface area contributed by atoms with Crippen molar-refractivity contribution in [3.05, 3.63) is 33.8 Å². The van der Waals surface area contributed by atoms with Gasteiger partial charge in [0.05, 0.1) is 6.10 Å². The van der Waals surface area contributed by atoms with Gasteiger partial charge in [-0.3, -0.25) is 0 Å². The van der Waals surface area contributed by atoms with Crippen LogP contribution in [0.3, 0.4) is 0 Å². The molecule has 1 N–H and O–H groups in total. The predicted molar refractivity (Wildman–Crippen MR) is 71.8 cm³/mol. The van der Waals surface area contributed by atoms with Crippen molar-refractivity contribution in [2.75, 3.05) is 20.1 Å². The summed E-state index contributed by atoms with van der Waals surface area (Å²) in [6.45, 7) is 1.88. The molecule has 0 saturated carbocycles. The quantitative estimate of drug-likeness (QED) is 0.896. The third-order valence-corrected chi connectivity index (χ3v) is 3.98. The SMILES string of the molecule is CN1CCC(O)C(Cc2ccc(Cl)cc2Cl)C1. The number of benzene rings is 1. The molecule has 1 heterocycles. The van der Waals surface area contributed by atoms with E-state index in [9.17, 15) is 5.11 Å². The molecule has 2 atom stereocenters. The Morgan fingerprint density at radius 2 is 2.18 bits per heavy atom. The number of piperidine rings is 1. The van der Waals surface area contributed by atoms with Gasteiger partial charge in [0, 0.05) is 29.1 Å². The van der Waals surface area contributed by atoms with Crippen molar-refractivity contribution in [2.45, 2.75) is 18.9 Å². The molecule has 1 saturated heterocycles. The number of hydrogen-bond donors (Lipinski definition) is 1. The van der Waals surface area contributed by atoms with Gasteiger partial charge in [-0.15, -0.1) is 0 Å². The lowest BCUT2D eigenvalue weighted by atomic mass is 9.89. The minimum atomic E-state index is -0.224. The molecule has 0 aliphatic carbocycles. The molecule has 2 unspecified atom stereocenters. The second-order valence-electron chi connectivity index (χ2n) is 4.82. The number of nitrogens with zero attached hydrogens (tertiary/aromatic N) is 1. The Hall–Kier alpha value is -0.280. The summed E-state index contributed by atoms with van der Waals surface area (Å²) in [7, 11) is 2.09. The highest BCUT2D eigenvalue weighted by atomic mass is 35.5. The van der Waals surface area contributed by atoms with Gasteiger partial charge < -0.3 is 10.0 Å². The fourth-order valence-electron chi connectivity index (χ4n) is 2.37. The van der Waals surface area contributed by atoms with Gasteiger partial charge in [-0.2, -0.15) is 0 Å². The van der Waals surface area contributed by atoms with E-state index in [2.05, 4.69) is 11.9 Å². The summed E-state index contributed by atoms with van der Waals surface area (Å²) in [4.78, 5) is 2.25. The van der Waals surface area contributed by atoms with Crippen LogP contribution in [0.25, 0.3) is 0 Å². The van der Waals surface area contributed by atoms with Crippen molar-refractivity contribution in [1.82, 2.24) is 4.90 Å². The standard InChI is InChI=1S/C13H17Cl2NO/c1-16-5-4-13(17)10(8-16)6-9-2-3-11(14)7-12(9)15/h2-3,7,10,13,17H,4-6,8H2,1H3. The van der Waals surface area contributed by atoms with Gasteiger partial charge in [-0.25, -0.2) is 0 Å². The van der Waals surface area contributed by atoms with Crippen LogP contribution in [0.2, 0.25) is 10.0 Å². The molecular weight excluding hydrogens is 257 g/mol. The van der Waals surface area contributed by atoms with Crippen LogP contribution in [-0.2, 0) is 6.42 Å². The maximum atomic E-state index is 10.00. The van der Waals surface area contributed by atoms with Crippen molar-refractivity contribution in [1.29, 1.82) is 0 Å². The molecule has 0 amide bonds. The van der Waals surface area contributed by atoms with E-state index in [1.54, 1.807) is 6.07 Å². The molecular formula is C13H17Cl2NO. The molecule has 17 heavy (non-hydrogen) atoms. The Kier molecular flexibility index (Phi) is 4.31. The van der Waals surface area contributed by atoms with Crippen molar-refractivity contribution < 1.29 is 5.11 Å². The van der Waals surface area contributed by atoms with Gasteiger partial charge in [0.15, 0.2) is 0 Å². The van der Waals surface area contributed by atoms with Crippen molar-refractivity contribution >= 4 is 23.2 Å². The lowest BCUT2D eigenvalue weighted by molar-refractivity contribution is 0.0366. The summed E-state index contributed by atoms with van der Waals surface area (Å²) in [5.74, 6) is 0.257. The van der Waals surface area contributed by atoms with E-state index in [4.69, 9.17) is 23.2 Å². The topological polar surface area (TPSA) is 23.5 Å². The van der Waals surface area contributed by atoms with Crippen LogP contribution in [0.15, 0.2) is 18.2 Å². The highest BCUT2D eigenvalue weighted by Gasteiger charge is 2.26. The zero-order valence-electron chi connectivity index (χ0n) is 9.87. The van der Waals surface area contributed by atoms with Crippen LogP contribution in [0.4, 0.5) is 0 Å². The van der Waals surface area contributed by atoms with E-state index in [-0.39, 0.29) is 12.0 Å². The minimum absolute atomic E-state index is 0.224. The fraction of sp³-hybridized carbons (Fsp3) is 0.538. The third-order valence-electron chi connectivity index (χ3n) is 3.39. The minimum Gasteiger partial charge on any atom is -0.393 e. The average molecular weight is 274 g/mol. The molecule has 0 aromatic heterocycles. The maximum absolute atomic E-state index is 10.00. The zero-order chi connectivity index (χ0) is 12.4. The number of aliphatic hydroxyl groups is 1. The van der Waals surface area contributed by atoms with Crippen LogP contribution < -0.4 is 0 Å². The highest BCUT2D eigenvalue weighted by molar-refractivity contribution is 6.35. The second kappa shape index (κ2) is 5.57. The second-order valence-corrected chi connectivity index (χ2v) is 5.66. The van der Waals surface area contributed by atoms with Crippen LogP contribution >= 0.6 is 23.2 Å². The summed E-state index contributed by atoms with van der Waals surface area (Å²) in [5.41, 5.74) is 1.07. The van der Waals surface area contributed by atoms with Gasteiger partial charge in [0.2, 0.25) is 0 Å². The van der Waals surface area contributed by atoms with Crippen molar-refractivity contribution in [2.24, 2.45) is 5.92 Å². The van der Waals surface area contributed by atoms with Crippen LogP contribution in [-0.4, -0.2) is 36.2 Å². The summed E-state index contributed by atoms with van der Waals surface area (Å²) in [6, 6.07) is 5.56. The van der Waals surface area contributed by atoms with E-state index in [0.717, 1.165) is 31.5 Å². The summed E-state index contributed by atoms with van der Waals surface area (Å²) < 4.78 is 0. The molecule has 1 aromatic rings. The van der Waals surface area contributed by atoms with E-state index in [0.29, 0.717) is 10.0 Å². The Labute approximate surface area is 112 Å². The van der Waals surface area contributed by atoms with Crippen LogP contribution in [0.5, 0.6) is 0 Å². The molecule has 0 radical (unpaired) electrons. The largest absolute Gasteiger partial charge is 0.393 e. The van der Waals surface area contributed by atoms with Gasteiger partial charge in [0.25, 0.3) is 0 Å². The first-order valence-electron chi connectivity index (χ1n) is 5.87. The lowest BCUT2D eigenvalue weighted by Gasteiger charge is -2.34. The number of rotatable bonds is 2. The molecule has 1 aliphatic heterocycles. The van der Waals surface area contributed by atoms with E-state index < -0.39 is 0 Å². The number of hydrogen-bond acceptors (Lipinski definition) is 2. The van der Waals surface area contributed by atoms with Gasteiger partial charge in [-0.05, 0) is 37.6 Å². The molecule has 0 spiro atoms. The van der Waals surface area contributed by atoms with E-state index >= 15 is 0 Å². The molecule has 1 aliphatic rings. The molecule has 0 bridgehead atoms. The first kappa shape index (κ1) is 13.2. The molecule has 2 nitrogen and oxygen atoms in total. The Bertz CT molecular complexity index is 397. The lowest BCUT2D eigenvalue weighted by Crippen LogP contribution is -2.42. The van der Waals surface area contributed by atoms with Crippen molar-refractivity contribution in [3.8, 4) is 0 Å². The zero-order valence-corrected chi connectivity index (χ0v) is 11.4. The van der Waals surface area contributed by atoms with Crippen molar-refractivity contribution in [3.63, 3.8) is 0 Å². The first-order chi connectivity index (χ1) is 8.06. The van der Waals surface area contributed by atoms with Gasteiger partial charge in [-0.1, -0.05) is 29.3 Å². The molecule has 94 valence electrons. The van der Waals surface area contributed by atoms with Gasteiger partial charge in [0.1, 0.15) is 0 Å². The highest BCUT2D eigenvalue weighted by Crippen LogP contribution is 2.26. The number of likely N-dealkylation sites (tertiary alicyclic amines) is 1. The van der Waals surface area contributed by atoms with E-state index in [1.165, 1.54) is 0 Å². The Morgan fingerprint density at radius 3 is 2.88 bits per heavy atom. The predicted octanol–water partition coefficient (Wildman–Crippen LogP) is 2.85. The van der Waals surface area contributed by atoms with Gasteiger partial charge >= 0.3 is 0 Å².